The second-order valence-corrected chi connectivity index (χ2v) is 5.31. The highest BCUT2D eigenvalue weighted by atomic mass is 32.2. The first kappa shape index (κ1) is 9.42. The Morgan fingerprint density at radius 2 is 2.29 bits per heavy atom. The van der Waals surface area contributed by atoms with E-state index in [-0.39, 0.29) is 4.93 Å². The molecule has 0 radical (unpaired) electrons. The van der Waals surface area contributed by atoms with Crippen molar-refractivity contribution >= 4 is 11.8 Å². The van der Waals surface area contributed by atoms with E-state index in [1.807, 2.05) is 32.0 Å². The van der Waals surface area contributed by atoms with Gasteiger partial charge in [-0.25, -0.2) is 0 Å². The van der Waals surface area contributed by atoms with Gasteiger partial charge in [-0.15, -0.1) is 0 Å². The molecule has 2 nitrogen and oxygen atoms in total. The molecule has 0 fully saturated rings. The van der Waals surface area contributed by atoms with Crippen molar-refractivity contribution in [2.24, 2.45) is 0 Å². The second-order valence-electron chi connectivity index (χ2n) is 3.68. The van der Waals surface area contributed by atoms with Crippen LogP contribution in [0.5, 0.6) is 5.75 Å². The minimum atomic E-state index is -0.201. The average molecular weight is 205 g/mol. The molecule has 0 aliphatic carbocycles. The lowest BCUT2D eigenvalue weighted by Gasteiger charge is -2.16. The lowest BCUT2D eigenvalue weighted by atomic mass is 10.1. The quantitative estimate of drug-likeness (QED) is 0.706. The SMILES string of the molecule is CC1(C)Oc2c(CC#N)cccc2S1. The summed E-state index contributed by atoms with van der Waals surface area (Å²) >= 11 is 1.70. The van der Waals surface area contributed by atoms with E-state index in [2.05, 4.69) is 6.07 Å². The molecule has 0 unspecified atom stereocenters. The maximum atomic E-state index is 8.67. The van der Waals surface area contributed by atoms with Crippen LogP contribution in [0.25, 0.3) is 0 Å². The fraction of sp³-hybridized carbons (Fsp3) is 0.364. The number of rotatable bonds is 1. The lowest BCUT2D eigenvalue weighted by molar-refractivity contribution is 0.213. The molecule has 0 saturated heterocycles. The molecule has 0 aromatic heterocycles. The molecule has 0 saturated carbocycles. The molecule has 0 amide bonds. The number of nitriles is 1. The molecule has 1 aromatic rings. The van der Waals surface area contributed by atoms with Crippen molar-refractivity contribution in [3.8, 4) is 11.8 Å². The third kappa shape index (κ3) is 1.58. The molecule has 1 heterocycles. The topological polar surface area (TPSA) is 33.0 Å². The van der Waals surface area contributed by atoms with Crippen LogP contribution in [0.4, 0.5) is 0 Å². The van der Waals surface area contributed by atoms with Gasteiger partial charge in [-0.05, 0) is 19.9 Å². The standard InChI is InChI=1S/C11H11NOS/c1-11(2)13-10-8(6-7-12)4-3-5-9(10)14-11/h3-5H,6H2,1-2H3. The number of para-hydroxylation sites is 1. The minimum absolute atomic E-state index is 0.201. The molecular weight excluding hydrogens is 194 g/mol. The highest BCUT2D eigenvalue weighted by Crippen LogP contribution is 2.48. The van der Waals surface area contributed by atoms with Crippen LogP contribution in [0.15, 0.2) is 23.1 Å². The van der Waals surface area contributed by atoms with Crippen LogP contribution in [0.3, 0.4) is 0 Å². The summed E-state index contributed by atoms with van der Waals surface area (Å²) in [6.07, 6.45) is 0.416. The summed E-state index contributed by atoms with van der Waals surface area (Å²) in [5.74, 6) is 0.893. The van der Waals surface area contributed by atoms with Gasteiger partial charge >= 0.3 is 0 Å². The van der Waals surface area contributed by atoms with Gasteiger partial charge in [-0.2, -0.15) is 5.26 Å². The molecule has 0 N–H and O–H groups in total. The van der Waals surface area contributed by atoms with E-state index >= 15 is 0 Å². The summed E-state index contributed by atoms with van der Waals surface area (Å²) in [6, 6.07) is 8.11. The fourth-order valence-electron chi connectivity index (χ4n) is 1.51. The van der Waals surface area contributed by atoms with Crippen molar-refractivity contribution in [1.82, 2.24) is 0 Å². The molecule has 0 bridgehead atoms. The molecule has 1 aromatic carbocycles. The summed E-state index contributed by atoms with van der Waals surface area (Å²) in [7, 11) is 0. The van der Waals surface area contributed by atoms with Crippen LogP contribution in [0, 0.1) is 11.3 Å². The predicted molar refractivity (Wildman–Crippen MR) is 56.3 cm³/mol. The van der Waals surface area contributed by atoms with E-state index in [0.29, 0.717) is 6.42 Å². The van der Waals surface area contributed by atoms with Gasteiger partial charge in [0.2, 0.25) is 0 Å². The lowest BCUT2D eigenvalue weighted by Crippen LogP contribution is -2.18. The summed E-state index contributed by atoms with van der Waals surface area (Å²) in [5.41, 5.74) is 0.989. The maximum Gasteiger partial charge on any atom is 0.153 e. The van der Waals surface area contributed by atoms with E-state index in [1.54, 1.807) is 11.8 Å². The van der Waals surface area contributed by atoms with E-state index < -0.39 is 0 Å². The highest BCUT2D eigenvalue weighted by Gasteiger charge is 2.32. The van der Waals surface area contributed by atoms with Crippen molar-refractivity contribution in [2.75, 3.05) is 0 Å². The first-order valence-electron chi connectivity index (χ1n) is 4.49. The molecule has 1 aliphatic rings. The van der Waals surface area contributed by atoms with Crippen LogP contribution in [-0.2, 0) is 6.42 Å². The van der Waals surface area contributed by atoms with Crippen LogP contribution < -0.4 is 4.74 Å². The van der Waals surface area contributed by atoms with E-state index in [0.717, 1.165) is 16.2 Å². The fourth-order valence-corrected chi connectivity index (χ4v) is 2.58. The van der Waals surface area contributed by atoms with Gasteiger partial charge < -0.3 is 4.74 Å². The van der Waals surface area contributed by atoms with Crippen LogP contribution in [-0.4, -0.2) is 4.93 Å². The number of hydrogen-bond acceptors (Lipinski definition) is 3. The zero-order chi connectivity index (χ0) is 10.2. The Bertz CT molecular complexity index is 406. The van der Waals surface area contributed by atoms with E-state index in [1.165, 1.54) is 0 Å². The molecule has 2 rings (SSSR count). The Morgan fingerprint density at radius 1 is 1.50 bits per heavy atom. The molecule has 0 spiro atoms. The van der Waals surface area contributed by atoms with Gasteiger partial charge in [0, 0.05) is 5.56 Å². The third-order valence-electron chi connectivity index (χ3n) is 2.03. The molecule has 1 aliphatic heterocycles. The Labute approximate surface area is 87.9 Å². The van der Waals surface area contributed by atoms with Crippen LogP contribution in [0.1, 0.15) is 19.4 Å². The average Bonchev–Trinajstić information content (AvgIpc) is 2.41. The van der Waals surface area contributed by atoms with Crippen molar-refractivity contribution in [1.29, 1.82) is 5.26 Å². The second kappa shape index (κ2) is 3.21. The maximum absolute atomic E-state index is 8.67. The van der Waals surface area contributed by atoms with Crippen molar-refractivity contribution in [3.63, 3.8) is 0 Å². The van der Waals surface area contributed by atoms with E-state index in [4.69, 9.17) is 10.00 Å². The van der Waals surface area contributed by atoms with Gasteiger partial charge in [-0.1, -0.05) is 23.9 Å². The van der Waals surface area contributed by atoms with Crippen molar-refractivity contribution in [2.45, 2.75) is 30.1 Å². The number of fused-ring (bicyclic) bond motifs is 1. The molecule has 0 atom stereocenters. The van der Waals surface area contributed by atoms with Crippen molar-refractivity contribution in [3.05, 3.63) is 23.8 Å². The van der Waals surface area contributed by atoms with Gasteiger partial charge in [0.1, 0.15) is 5.75 Å². The predicted octanol–water partition coefficient (Wildman–Crippen LogP) is 2.97. The largest absolute Gasteiger partial charge is 0.475 e. The van der Waals surface area contributed by atoms with E-state index in [9.17, 15) is 0 Å². The summed E-state index contributed by atoms with van der Waals surface area (Å²) < 4.78 is 5.79. The number of nitrogens with zero attached hydrogens (tertiary/aromatic N) is 1. The molecule has 72 valence electrons. The first-order chi connectivity index (χ1) is 6.62. The Morgan fingerprint density at radius 3 is 3.00 bits per heavy atom. The summed E-state index contributed by atoms with van der Waals surface area (Å²) in [6.45, 7) is 4.07. The number of benzene rings is 1. The monoisotopic (exact) mass is 205 g/mol. The normalized spacial score (nSPS) is 16.9. The zero-order valence-corrected chi connectivity index (χ0v) is 9.02. The third-order valence-corrected chi connectivity index (χ3v) is 3.15. The number of hydrogen-bond donors (Lipinski definition) is 0. The molecular formula is C11H11NOS. The molecule has 3 heteroatoms. The first-order valence-corrected chi connectivity index (χ1v) is 5.31. The molecule has 14 heavy (non-hydrogen) atoms. The highest BCUT2D eigenvalue weighted by molar-refractivity contribution is 8.00. The number of ether oxygens (including phenoxy) is 1. The van der Waals surface area contributed by atoms with Crippen LogP contribution in [0.2, 0.25) is 0 Å². The Balaban J connectivity index is 2.42. The Kier molecular flexibility index (Phi) is 2.16. The van der Waals surface area contributed by atoms with Gasteiger partial charge in [0.05, 0.1) is 17.4 Å². The minimum Gasteiger partial charge on any atom is -0.475 e. The number of thioether (sulfide) groups is 1. The van der Waals surface area contributed by atoms with Crippen molar-refractivity contribution < 1.29 is 4.74 Å². The Hall–Kier alpha value is -1.14. The van der Waals surface area contributed by atoms with Gasteiger partial charge in [0.25, 0.3) is 0 Å². The zero-order valence-electron chi connectivity index (χ0n) is 8.20. The van der Waals surface area contributed by atoms with Crippen LogP contribution >= 0.6 is 11.8 Å². The summed E-state index contributed by atoms with van der Waals surface area (Å²) in [5, 5.41) is 8.67. The van der Waals surface area contributed by atoms with Gasteiger partial charge in [0.15, 0.2) is 4.93 Å². The smallest absolute Gasteiger partial charge is 0.153 e. The summed E-state index contributed by atoms with van der Waals surface area (Å²) in [4.78, 5) is 0.941. The van der Waals surface area contributed by atoms with Gasteiger partial charge in [-0.3, -0.25) is 0 Å².